The van der Waals surface area contributed by atoms with Gasteiger partial charge in [0.05, 0.1) is 0 Å². The van der Waals surface area contributed by atoms with Crippen molar-refractivity contribution in [3.63, 3.8) is 0 Å². The molecule has 0 spiro atoms. The predicted molar refractivity (Wildman–Crippen MR) is 58.7 cm³/mol. The first kappa shape index (κ1) is 8.52. The Morgan fingerprint density at radius 1 is 1.25 bits per heavy atom. The minimum Gasteiger partial charge on any atom is -0.111 e. The Labute approximate surface area is 82.6 Å². The molecule has 0 aliphatic heterocycles. The highest BCUT2D eigenvalue weighted by atomic mass is 33.1. The van der Waals surface area contributed by atoms with Gasteiger partial charge in [-0.3, -0.25) is 0 Å². The molecule has 0 bridgehead atoms. The van der Waals surface area contributed by atoms with Gasteiger partial charge in [0.25, 0.3) is 0 Å². The summed E-state index contributed by atoms with van der Waals surface area (Å²) in [6.07, 6.45) is 3.90. The fraction of sp³-hybridized carbons (Fsp3) is 0.400. The number of aryl methyl sites for hydroxylation is 2. The third kappa shape index (κ3) is 1.64. The van der Waals surface area contributed by atoms with Gasteiger partial charge in [-0.05, 0) is 36.0 Å². The quantitative estimate of drug-likeness (QED) is 0.559. The Kier molecular flexibility index (Phi) is 2.66. The van der Waals surface area contributed by atoms with Gasteiger partial charge in [-0.2, -0.15) is 0 Å². The van der Waals surface area contributed by atoms with E-state index in [2.05, 4.69) is 29.9 Å². The summed E-state index contributed by atoms with van der Waals surface area (Å²) in [6, 6.07) is 6.85. The second-order valence-electron chi connectivity index (χ2n) is 3.23. The number of rotatable bonds is 2. The van der Waals surface area contributed by atoms with Crippen molar-refractivity contribution < 1.29 is 0 Å². The van der Waals surface area contributed by atoms with Crippen molar-refractivity contribution in [2.75, 3.05) is 0 Å². The second-order valence-corrected chi connectivity index (χ2v) is 4.55. The highest BCUT2D eigenvalue weighted by Gasteiger charge is 2.09. The first-order valence-electron chi connectivity index (χ1n) is 4.27. The smallest absolute Gasteiger partial charge is 0.0286 e. The lowest BCUT2D eigenvalue weighted by atomic mass is 10.1. The van der Waals surface area contributed by atoms with Crippen molar-refractivity contribution in [3.05, 3.63) is 34.9 Å². The molecule has 0 radical (unpaired) electrons. The molecule has 1 aromatic carbocycles. The van der Waals surface area contributed by atoms with Crippen LogP contribution in [-0.2, 0) is 18.6 Å². The number of hydrogen-bond acceptors (Lipinski definition) is 2. The monoisotopic (exact) mass is 196 g/mol. The van der Waals surface area contributed by atoms with Crippen molar-refractivity contribution in [1.82, 2.24) is 0 Å². The Balaban J connectivity index is 2.26. The van der Waals surface area contributed by atoms with E-state index in [4.69, 9.17) is 0 Å². The summed E-state index contributed by atoms with van der Waals surface area (Å²) in [5.74, 6) is 1.02. The zero-order chi connectivity index (χ0) is 8.39. The van der Waals surface area contributed by atoms with E-state index in [9.17, 15) is 0 Å². The van der Waals surface area contributed by atoms with Gasteiger partial charge in [-0.25, -0.2) is 0 Å². The van der Waals surface area contributed by atoms with Crippen LogP contribution in [0.25, 0.3) is 0 Å². The average Bonchev–Trinajstić information content (AvgIpc) is 2.51. The summed E-state index contributed by atoms with van der Waals surface area (Å²) in [5, 5.41) is 0. The number of fused-ring (bicyclic) bond motifs is 1. The minimum atomic E-state index is 1.02. The second kappa shape index (κ2) is 3.75. The van der Waals surface area contributed by atoms with Gasteiger partial charge in [0.1, 0.15) is 0 Å². The van der Waals surface area contributed by atoms with Gasteiger partial charge < -0.3 is 0 Å². The standard InChI is InChI=1S/C10H12S2/c11-12-7-8-4-5-9-2-1-3-10(9)6-8/h4-6,11H,1-3,7H2. The molecule has 0 heterocycles. The van der Waals surface area contributed by atoms with E-state index >= 15 is 0 Å². The molecule has 0 saturated carbocycles. The van der Waals surface area contributed by atoms with Gasteiger partial charge in [0.15, 0.2) is 0 Å². The number of thiol groups is 1. The van der Waals surface area contributed by atoms with E-state index in [1.807, 2.05) is 0 Å². The van der Waals surface area contributed by atoms with Crippen LogP contribution in [0.3, 0.4) is 0 Å². The molecule has 0 fully saturated rings. The van der Waals surface area contributed by atoms with Crippen molar-refractivity contribution in [2.24, 2.45) is 0 Å². The zero-order valence-electron chi connectivity index (χ0n) is 6.92. The first-order valence-corrected chi connectivity index (χ1v) is 6.31. The number of benzene rings is 1. The minimum absolute atomic E-state index is 1.02. The van der Waals surface area contributed by atoms with Crippen molar-refractivity contribution >= 4 is 22.5 Å². The Bertz CT molecular complexity index is 281. The van der Waals surface area contributed by atoms with E-state index < -0.39 is 0 Å². The van der Waals surface area contributed by atoms with Gasteiger partial charge >= 0.3 is 0 Å². The maximum Gasteiger partial charge on any atom is 0.0286 e. The molecule has 0 N–H and O–H groups in total. The van der Waals surface area contributed by atoms with Crippen molar-refractivity contribution in [3.8, 4) is 0 Å². The molecule has 0 unspecified atom stereocenters. The summed E-state index contributed by atoms with van der Waals surface area (Å²) >= 11 is 4.15. The fourth-order valence-electron chi connectivity index (χ4n) is 1.79. The fourth-order valence-corrected chi connectivity index (χ4v) is 2.57. The predicted octanol–water partition coefficient (Wildman–Crippen LogP) is 3.25. The molecule has 1 aromatic rings. The molecular weight excluding hydrogens is 184 g/mol. The van der Waals surface area contributed by atoms with Crippen LogP contribution in [0.5, 0.6) is 0 Å². The van der Waals surface area contributed by atoms with Gasteiger partial charge in [-0.15, -0.1) is 11.7 Å². The highest BCUT2D eigenvalue weighted by molar-refractivity contribution is 8.68. The normalized spacial score (nSPS) is 14.8. The van der Waals surface area contributed by atoms with Crippen LogP contribution in [0.2, 0.25) is 0 Å². The van der Waals surface area contributed by atoms with E-state index in [0.717, 1.165) is 5.75 Å². The lowest BCUT2D eigenvalue weighted by molar-refractivity contribution is 0.911. The molecule has 0 saturated heterocycles. The maximum absolute atomic E-state index is 4.15. The van der Waals surface area contributed by atoms with E-state index in [0.29, 0.717) is 0 Å². The van der Waals surface area contributed by atoms with Crippen LogP contribution in [-0.4, -0.2) is 0 Å². The molecular formula is C10H12S2. The van der Waals surface area contributed by atoms with Crippen LogP contribution >= 0.6 is 22.5 Å². The molecule has 0 amide bonds. The summed E-state index contributed by atoms with van der Waals surface area (Å²) in [7, 11) is 1.59. The third-order valence-corrected chi connectivity index (χ3v) is 3.24. The lowest BCUT2D eigenvalue weighted by Crippen LogP contribution is -1.85. The summed E-state index contributed by atoms with van der Waals surface area (Å²) < 4.78 is 0. The molecule has 12 heavy (non-hydrogen) atoms. The van der Waals surface area contributed by atoms with Crippen LogP contribution < -0.4 is 0 Å². The average molecular weight is 196 g/mol. The first-order chi connectivity index (χ1) is 5.90. The van der Waals surface area contributed by atoms with Crippen molar-refractivity contribution in [1.29, 1.82) is 0 Å². The SMILES string of the molecule is SSCc1ccc2c(c1)CCC2. The van der Waals surface area contributed by atoms with Crippen LogP contribution in [0.1, 0.15) is 23.1 Å². The Morgan fingerprint density at radius 3 is 2.92 bits per heavy atom. The van der Waals surface area contributed by atoms with Crippen LogP contribution in [0, 0.1) is 0 Å². The zero-order valence-corrected chi connectivity index (χ0v) is 8.63. The van der Waals surface area contributed by atoms with E-state index in [1.54, 1.807) is 21.9 Å². The molecule has 2 heteroatoms. The van der Waals surface area contributed by atoms with Gasteiger partial charge in [-0.1, -0.05) is 29.0 Å². The van der Waals surface area contributed by atoms with Crippen LogP contribution in [0.4, 0.5) is 0 Å². The molecule has 1 aliphatic rings. The summed E-state index contributed by atoms with van der Waals surface area (Å²) in [5.41, 5.74) is 4.54. The van der Waals surface area contributed by atoms with Crippen molar-refractivity contribution in [2.45, 2.75) is 25.0 Å². The molecule has 0 nitrogen and oxygen atoms in total. The van der Waals surface area contributed by atoms with Crippen LogP contribution in [0.15, 0.2) is 18.2 Å². The topological polar surface area (TPSA) is 0 Å². The largest absolute Gasteiger partial charge is 0.111 e. The third-order valence-electron chi connectivity index (χ3n) is 2.39. The Hall–Kier alpha value is -0.0800. The van der Waals surface area contributed by atoms with Gasteiger partial charge in [0, 0.05) is 5.75 Å². The van der Waals surface area contributed by atoms with Gasteiger partial charge in [0.2, 0.25) is 0 Å². The summed E-state index contributed by atoms with van der Waals surface area (Å²) in [6.45, 7) is 0. The summed E-state index contributed by atoms with van der Waals surface area (Å²) in [4.78, 5) is 0. The molecule has 2 rings (SSSR count). The Morgan fingerprint density at radius 2 is 2.08 bits per heavy atom. The number of hydrogen-bond donors (Lipinski definition) is 1. The molecule has 1 aliphatic carbocycles. The maximum atomic E-state index is 4.15. The molecule has 0 atom stereocenters. The highest BCUT2D eigenvalue weighted by Crippen LogP contribution is 2.25. The molecule has 64 valence electrons. The van der Waals surface area contributed by atoms with E-state index in [1.165, 1.54) is 24.8 Å². The lowest BCUT2D eigenvalue weighted by Gasteiger charge is -2.02. The molecule has 0 aromatic heterocycles. The van der Waals surface area contributed by atoms with E-state index in [-0.39, 0.29) is 0 Å².